The molecule has 0 bridgehead atoms. The molecule has 1 aromatic carbocycles. The van der Waals surface area contributed by atoms with Gasteiger partial charge in [-0.15, -0.1) is 0 Å². The van der Waals surface area contributed by atoms with Gasteiger partial charge in [-0.3, -0.25) is 0 Å². The van der Waals surface area contributed by atoms with E-state index in [0.717, 1.165) is 11.1 Å². The molecular weight excluding hydrogens is 196 g/mol. The molecule has 16 heavy (non-hydrogen) atoms. The summed E-state index contributed by atoms with van der Waals surface area (Å²) in [6.45, 7) is 0. The molecule has 0 radical (unpaired) electrons. The Balaban J connectivity index is 2.05. The predicted molar refractivity (Wildman–Crippen MR) is 64.9 cm³/mol. The summed E-state index contributed by atoms with van der Waals surface area (Å²) in [4.78, 5) is 10.6. The molecule has 0 fully saturated rings. The topological polar surface area (TPSA) is 17.1 Å². The maximum atomic E-state index is 10.6. The highest BCUT2D eigenvalue weighted by Crippen LogP contribution is 2.08. The number of rotatable bonds is 2. The standard InChI is InChI=1S/C15H12O/c16-12-11-15-9-7-14(8-10-15)6-5-13-3-1-2-4-13/h1-4,7-10,12-13H,11H2/i12D. The van der Waals surface area contributed by atoms with E-state index in [1.165, 1.54) is 0 Å². The van der Waals surface area contributed by atoms with Crippen molar-refractivity contribution >= 4 is 6.26 Å². The lowest BCUT2D eigenvalue weighted by molar-refractivity contribution is -0.107. The smallest absolute Gasteiger partial charge is 0.124 e. The van der Waals surface area contributed by atoms with Gasteiger partial charge in [0.15, 0.2) is 0 Å². The second kappa shape index (κ2) is 5.14. The maximum absolute atomic E-state index is 10.6. The minimum atomic E-state index is -0.565. The minimum Gasteiger partial charge on any atom is -0.303 e. The zero-order valence-electron chi connectivity index (χ0n) is 9.81. The highest BCUT2D eigenvalue weighted by molar-refractivity contribution is 5.55. The van der Waals surface area contributed by atoms with Crippen LogP contribution in [0.4, 0.5) is 0 Å². The second-order valence-corrected chi connectivity index (χ2v) is 3.58. The van der Waals surface area contributed by atoms with Crippen LogP contribution in [0.5, 0.6) is 0 Å². The quantitative estimate of drug-likeness (QED) is 0.540. The number of carbonyl (C=O) groups is 1. The van der Waals surface area contributed by atoms with Gasteiger partial charge in [0.25, 0.3) is 0 Å². The molecule has 78 valence electrons. The van der Waals surface area contributed by atoms with Crippen LogP contribution in [0.1, 0.15) is 12.5 Å². The first-order chi connectivity index (χ1) is 8.24. The monoisotopic (exact) mass is 209 g/mol. The summed E-state index contributed by atoms with van der Waals surface area (Å²) >= 11 is 0. The largest absolute Gasteiger partial charge is 0.303 e. The molecular formula is C15H12O. The molecule has 0 heterocycles. The van der Waals surface area contributed by atoms with Crippen molar-refractivity contribution in [2.75, 3.05) is 0 Å². The molecule has 2 rings (SSSR count). The van der Waals surface area contributed by atoms with E-state index in [2.05, 4.69) is 11.8 Å². The van der Waals surface area contributed by atoms with E-state index in [1.807, 2.05) is 48.6 Å². The zero-order chi connectivity index (χ0) is 12.1. The first-order valence-electron chi connectivity index (χ1n) is 5.69. The number of hydrogen-bond donors (Lipinski definition) is 0. The van der Waals surface area contributed by atoms with E-state index in [4.69, 9.17) is 1.37 Å². The van der Waals surface area contributed by atoms with Gasteiger partial charge in [-0.1, -0.05) is 48.3 Å². The minimum absolute atomic E-state index is 0.168. The molecule has 0 atom stereocenters. The van der Waals surface area contributed by atoms with Crippen LogP contribution in [-0.4, -0.2) is 6.26 Å². The van der Waals surface area contributed by atoms with E-state index >= 15 is 0 Å². The summed E-state index contributed by atoms with van der Waals surface area (Å²) in [5.74, 6) is 6.43. The molecule has 0 unspecified atom stereocenters. The SMILES string of the molecule is [2H]C(=O)Cc1ccc(C#CC2C=CC=C2)cc1. The first-order valence-corrected chi connectivity index (χ1v) is 5.19. The zero-order valence-corrected chi connectivity index (χ0v) is 8.81. The fourth-order valence-corrected chi connectivity index (χ4v) is 1.48. The normalized spacial score (nSPS) is 14.4. The average molecular weight is 209 g/mol. The Kier molecular flexibility index (Phi) is 2.95. The molecule has 0 saturated heterocycles. The molecule has 0 N–H and O–H groups in total. The van der Waals surface area contributed by atoms with Gasteiger partial charge >= 0.3 is 0 Å². The molecule has 0 saturated carbocycles. The maximum Gasteiger partial charge on any atom is 0.124 e. The van der Waals surface area contributed by atoms with Crippen molar-refractivity contribution in [2.24, 2.45) is 5.92 Å². The highest BCUT2D eigenvalue weighted by atomic mass is 16.1. The van der Waals surface area contributed by atoms with E-state index in [1.54, 1.807) is 0 Å². The third-order valence-electron chi connectivity index (χ3n) is 2.36. The van der Waals surface area contributed by atoms with Crippen LogP contribution in [0, 0.1) is 17.8 Å². The Morgan fingerprint density at radius 1 is 1.25 bits per heavy atom. The van der Waals surface area contributed by atoms with Crippen molar-refractivity contribution in [3.63, 3.8) is 0 Å². The fraction of sp³-hybridized carbons (Fsp3) is 0.133. The number of allylic oxidation sites excluding steroid dienone is 4. The Bertz CT molecular complexity index is 514. The van der Waals surface area contributed by atoms with E-state index in [9.17, 15) is 4.79 Å². The summed E-state index contributed by atoms with van der Waals surface area (Å²) in [6.07, 6.45) is 7.66. The Morgan fingerprint density at radius 3 is 2.56 bits per heavy atom. The van der Waals surface area contributed by atoms with Gasteiger partial charge in [0, 0.05) is 12.0 Å². The van der Waals surface area contributed by atoms with Crippen LogP contribution in [0.25, 0.3) is 0 Å². The Morgan fingerprint density at radius 2 is 1.94 bits per heavy atom. The molecule has 1 nitrogen and oxygen atoms in total. The van der Waals surface area contributed by atoms with E-state index in [-0.39, 0.29) is 12.3 Å². The van der Waals surface area contributed by atoms with E-state index < -0.39 is 6.26 Å². The molecule has 0 amide bonds. The number of carbonyl (C=O) groups excluding carboxylic acids is 1. The van der Waals surface area contributed by atoms with Crippen LogP contribution in [0.15, 0.2) is 48.6 Å². The fourth-order valence-electron chi connectivity index (χ4n) is 1.48. The summed E-state index contributed by atoms with van der Waals surface area (Å²) in [5.41, 5.74) is 1.79. The molecule has 1 heteroatoms. The van der Waals surface area contributed by atoms with Gasteiger partial charge < -0.3 is 4.79 Å². The van der Waals surface area contributed by atoms with Crippen molar-refractivity contribution in [2.45, 2.75) is 6.42 Å². The van der Waals surface area contributed by atoms with Gasteiger partial charge in [-0.25, -0.2) is 0 Å². The Hall–Kier alpha value is -2.07. The van der Waals surface area contributed by atoms with Crippen LogP contribution < -0.4 is 0 Å². The van der Waals surface area contributed by atoms with Crippen molar-refractivity contribution in [1.29, 1.82) is 0 Å². The molecule has 0 aliphatic heterocycles. The third-order valence-corrected chi connectivity index (χ3v) is 2.36. The first kappa shape index (κ1) is 9.18. The van der Waals surface area contributed by atoms with Gasteiger partial charge in [-0.2, -0.15) is 0 Å². The van der Waals surface area contributed by atoms with Crippen LogP contribution >= 0.6 is 0 Å². The lowest BCUT2D eigenvalue weighted by atomic mass is 10.1. The highest BCUT2D eigenvalue weighted by Gasteiger charge is 1.97. The third kappa shape index (κ3) is 2.71. The van der Waals surface area contributed by atoms with Crippen molar-refractivity contribution in [1.82, 2.24) is 0 Å². The van der Waals surface area contributed by atoms with Crippen molar-refractivity contribution in [3.05, 3.63) is 59.7 Å². The Labute approximate surface area is 96.9 Å². The summed E-state index contributed by atoms with van der Waals surface area (Å²) in [6, 6.07) is 7.45. The number of aldehydes is 1. The van der Waals surface area contributed by atoms with Crippen LogP contribution in [-0.2, 0) is 11.2 Å². The average Bonchev–Trinajstić information content (AvgIpc) is 2.80. The number of hydrogen-bond acceptors (Lipinski definition) is 1. The predicted octanol–water partition coefficient (Wildman–Crippen LogP) is 2.52. The molecule has 1 aromatic rings. The second-order valence-electron chi connectivity index (χ2n) is 3.58. The lowest BCUT2D eigenvalue weighted by Gasteiger charge is -1.95. The number of benzene rings is 1. The molecule has 0 spiro atoms. The van der Waals surface area contributed by atoms with E-state index in [0.29, 0.717) is 0 Å². The van der Waals surface area contributed by atoms with Gasteiger partial charge in [-0.05, 0) is 17.7 Å². The van der Waals surface area contributed by atoms with Gasteiger partial charge in [0.1, 0.15) is 7.63 Å². The van der Waals surface area contributed by atoms with Crippen molar-refractivity contribution in [3.8, 4) is 11.8 Å². The lowest BCUT2D eigenvalue weighted by Crippen LogP contribution is -1.86. The molecule has 1 aliphatic carbocycles. The summed E-state index contributed by atoms with van der Waals surface area (Å²) < 4.78 is 6.88. The van der Waals surface area contributed by atoms with Gasteiger partial charge in [0.05, 0.1) is 5.92 Å². The van der Waals surface area contributed by atoms with Gasteiger partial charge in [0.2, 0.25) is 0 Å². The van der Waals surface area contributed by atoms with Crippen molar-refractivity contribution < 1.29 is 6.17 Å². The molecule has 0 aromatic heterocycles. The molecule has 1 aliphatic rings. The summed E-state index contributed by atoms with van der Waals surface area (Å²) in [5, 5.41) is 0. The van der Waals surface area contributed by atoms with Crippen LogP contribution in [0.2, 0.25) is 0 Å². The van der Waals surface area contributed by atoms with Crippen LogP contribution in [0.3, 0.4) is 0 Å². The summed E-state index contributed by atoms with van der Waals surface area (Å²) in [7, 11) is 0.